The van der Waals surface area contributed by atoms with Crippen LogP contribution in [0.3, 0.4) is 0 Å². The van der Waals surface area contributed by atoms with Crippen LogP contribution in [0.15, 0.2) is 30.3 Å². The van der Waals surface area contributed by atoms with Gasteiger partial charge in [0.2, 0.25) is 0 Å². The molecule has 0 aromatic heterocycles. The van der Waals surface area contributed by atoms with Crippen molar-refractivity contribution in [3.05, 3.63) is 35.9 Å². The lowest BCUT2D eigenvalue weighted by Crippen LogP contribution is -2.44. The molecule has 0 bridgehead atoms. The Balaban J connectivity index is 0.00000256. The van der Waals surface area contributed by atoms with Gasteiger partial charge in [-0.3, -0.25) is 0 Å². The average molecular weight is 261 g/mol. The van der Waals surface area contributed by atoms with Gasteiger partial charge in [-0.05, 0) is 12.0 Å². The van der Waals surface area contributed by atoms with Crippen molar-refractivity contribution < 1.29 is 15.0 Å². The van der Waals surface area contributed by atoms with Crippen molar-refractivity contribution in [2.45, 2.75) is 18.6 Å². The fourth-order valence-corrected chi connectivity index (χ4v) is 1.37. The normalized spacial score (nSPS) is 13.3. The Morgan fingerprint density at radius 3 is 2.47 bits per heavy atom. The zero-order chi connectivity index (χ0) is 12.0. The van der Waals surface area contributed by atoms with Crippen LogP contribution in [-0.4, -0.2) is 35.0 Å². The SMILES string of the molecule is Cl.N[C@@H](Cc1ccccc1)[C@H](O)CNC(=O)O. The van der Waals surface area contributed by atoms with Gasteiger partial charge in [0.1, 0.15) is 0 Å². The van der Waals surface area contributed by atoms with E-state index in [0.29, 0.717) is 6.42 Å². The van der Waals surface area contributed by atoms with E-state index < -0.39 is 18.2 Å². The summed E-state index contributed by atoms with van der Waals surface area (Å²) in [5, 5.41) is 20.0. The van der Waals surface area contributed by atoms with Crippen molar-refractivity contribution >= 4 is 18.5 Å². The first-order chi connectivity index (χ1) is 7.59. The van der Waals surface area contributed by atoms with E-state index in [9.17, 15) is 9.90 Å². The monoisotopic (exact) mass is 260 g/mol. The molecule has 6 heteroatoms. The topological polar surface area (TPSA) is 95.6 Å². The number of nitrogens with two attached hydrogens (primary N) is 1. The third-order valence-corrected chi connectivity index (χ3v) is 2.27. The molecular formula is C11H17ClN2O3. The first-order valence-corrected chi connectivity index (χ1v) is 5.04. The maximum Gasteiger partial charge on any atom is 0.404 e. The van der Waals surface area contributed by atoms with Crippen LogP contribution in [0.25, 0.3) is 0 Å². The molecule has 1 amide bonds. The van der Waals surface area contributed by atoms with Gasteiger partial charge in [0.05, 0.1) is 6.10 Å². The van der Waals surface area contributed by atoms with Crippen molar-refractivity contribution in [2.24, 2.45) is 5.73 Å². The molecule has 0 aliphatic heterocycles. The molecule has 5 nitrogen and oxygen atoms in total. The summed E-state index contributed by atoms with van der Waals surface area (Å²) in [6, 6.07) is 9.04. The summed E-state index contributed by atoms with van der Waals surface area (Å²) < 4.78 is 0. The predicted octanol–water partition coefficient (Wildman–Crippen LogP) is 0.607. The lowest BCUT2D eigenvalue weighted by Gasteiger charge is -2.18. The second-order valence-electron chi connectivity index (χ2n) is 3.61. The lowest BCUT2D eigenvalue weighted by atomic mass is 10.0. The Hall–Kier alpha value is -1.30. The quantitative estimate of drug-likeness (QED) is 0.624. The number of benzene rings is 1. The Kier molecular flexibility index (Phi) is 7.29. The molecule has 1 aromatic carbocycles. The van der Waals surface area contributed by atoms with Gasteiger partial charge in [0.25, 0.3) is 0 Å². The molecule has 0 spiro atoms. The van der Waals surface area contributed by atoms with Gasteiger partial charge in [0, 0.05) is 12.6 Å². The minimum atomic E-state index is -1.16. The number of nitrogens with one attached hydrogen (secondary N) is 1. The minimum absolute atomic E-state index is 0. The van der Waals surface area contributed by atoms with E-state index >= 15 is 0 Å². The number of halogens is 1. The summed E-state index contributed by atoms with van der Waals surface area (Å²) in [6.45, 7) is -0.0522. The molecule has 0 heterocycles. The zero-order valence-corrected chi connectivity index (χ0v) is 10.1. The Labute approximate surface area is 106 Å². The molecule has 2 atom stereocenters. The molecule has 0 fully saturated rings. The van der Waals surface area contributed by atoms with Gasteiger partial charge in [-0.1, -0.05) is 30.3 Å². The zero-order valence-electron chi connectivity index (χ0n) is 9.24. The van der Waals surface area contributed by atoms with Crippen molar-refractivity contribution in [3.8, 4) is 0 Å². The standard InChI is InChI=1S/C11H16N2O3.ClH/c12-9(10(14)7-13-11(15)16)6-8-4-2-1-3-5-8;/h1-5,9-10,13-14H,6-7,12H2,(H,15,16);1H/t9-,10+;/m0./s1. The summed E-state index contributed by atoms with van der Waals surface area (Å²) in [5.74, 6) is 0. The molecule has 0 aliphatic rings. The van der Waals surface area contributed by atoms with Gasteiger partial charge in [0.15, 0.2) is 0 Å². The van der Waals surface area contributed by atoms with Gasteiger partial charge >= 0.3 is 6.09 Å². The van der Waals surface area contributed by atoms with Crippen molar-refractivity contribution in [1.29, 1.82) is 0 Å². The number of hydrogen-bond donors (Lipinski definition) is 4. The second kappa shape index (κ2) is 7.89. The molecule has 0 unspecified atom stereocenters. The first-order valence-electron chi connectivity index (χ1n) is 5.04. The minimum Gasteiger partial charge on any atom is -0.465 e. The Bertz CT molecular complexity index is 335. The van der Waals surface area contributed by atoms with E-state index in [0.717, 1.165) is 5.56 Å². The van der Waals surface area contributed by atoms with Crippen LogP contribution in [0.2, 0.25) is 0 Å². The molecule has 5 N–H and O–H groups in total. The summed E-state index contributed by atoms with van der Waals surface area (Å²) >= 11 is 0. The van der Waals surface area contributed by atoms with E-state index in [4.69, 9.17) is 10.8 Å². The molecule has 0 saturated heterocycles. The number of aliphatic hydroxyl groups is 1. The molecule has 1 aromatic rings. The number of amides is 1. The highest BCUT2D eigenvalue weighted by Crippen LogP contribution is 2.04. The highest BCUT2D eigenvalue weighted by Gasteiger charge is 2.15. The molecule has 17 heavy (non-hydrogen) atoms. The van der Waals surface area contributed by atoms with Crippen LogP contribution in [-0.2, 0) is 6.42 Å². The van der Waals surface area contributed by atoms with Gasteiger partial charge in [-0.15, -0.1) is 12.4 Å². The maximum atomic E-state index is 10.2. The van der Waals surface area contributed by atoms with Crippen LogP contribution in [0, 0.1) is 0 Å². The van der Waals surface area contributed by atoms with Crippen LogP contribution < -0.4 is 11.1 Å². The maximum absolute atomic E-state index is 10.2. The van der Waals surface area contributed by atoms with Crippen molar-refractivity contribution in [3.63, 3.8) is 0 Å². The van der Waals surface area contributed by atoms with Crippen molar-refractivity contribution in [2.75, 3.05) is 6.54 Å². The van der Waals surface area contributed by atoms with E-state index in [2.05, 4.69) is 5.32 Å². The van der Waals surface area contributed by atoms with Crippen LogP contribution in [0.4, 0.5) is 4.79 Å². The highest BCUT2D eigenvalue weighted by atomic mass is 35.5. The molecule has 0 aliphatic carbocycles. The third kappa shape index (κ3) is 6.11. The van der Waals surface area contributed by atoms with Crippen molar-refractivity contribution in [1.82, 2.24) is 5.32 Å². The molecule has 1 rings (SSSR count). The molecule has 0 radical (unpaired) electrons. The average Bonchev–Trinajstić information content (AvgIpc) is 2.27. The number of rotatable bonds is 5. The third-order valence-electron chi connectivity index (χ3n) is 2.27. The number of hydrogen-bond acceptors (Lipinski definition) is 3. The Morgan fingerprint density at radius 2 is 1.94 bits per heavy atom. The summed E-state index contributed by atoms with van der Waals surface area (Å²) in [5.41, 5.74) is 6.77. The summed E-state index contributed by atoms with van der Waals surface area (Å²) in [4.78, 5) is 10.2. The summed E-state index contributed by atoms with van der Waals surface area (Å²) in [7, 11) is 0. The van der Waals surface area contributed by atoms with Crippen LogP contribution in [0.5, 0.6) is 0 Å². The van der Waals surface area contributed by atoms with Gasteiger partial charge in [-0.2, -0.15) is 0 Å². The fourth-order valence-electron chi connectivity index (χ4n) is 1.37. The lowest BCUT2D eigenvalue weighted by molar-refractivity contribution is 0.135. The highest BCUT2D eigenvalue weighted by molar-refractivity contribution is 5.85. The van der Waals surface area contributed by atoms with E-state index in [1.54, 1.807) is 0 Å². The first kappa shape index (κ1) is 15.7. The van der Waals surface area contributed by atoms with Gasteiger partial charge in [-0.25, -0.2) is 4.79 Å². The predicted molar refractivity (Wildman–Crippen MR) is 67.4 cm³/mol. The fraction of sp³-hybridized carbons (Fsp3) is 0.364. The second-order valence-corrected chi connectivity index (χ2v) is 3.61. The molecular weight excluding hydrogens is 244 g/mol. The van der Waals surface area contributed by atoms with Crippen LogP contribution in [0.1, 0.15) is 5.56 Å². The largest absolute Gasteiger partial charge is 0.465 e. The van der Waals surface area contributed by atoms with E-state index in [1.165, 1.54) is 0 Å². The van der Waals surface area contributed by atoms with E-state index in [1.807, 2.05) is 30.3 Å². The van der Waals surface area contributed by atoms with Crippen LogP contribution >= 0.6 is 12.4 Å². The molecule has 0 saturated carbocycles. The Morgan fingerprint density at radius 1 is 1.35 bits per heavy atom. The number of aliphatic hydroxyl groups excluding tert-OH is 1. The van der Waals surface area contributed by atoms with E-state index in [-0.39, 0.29) is 19.0 Å². The summed E-state index contributed by atoms with van der Waals surface area (Å²) in [6.07, 6.45) is -1.52. The molecule has 96 valence electrons. The smallest absolute Gasteiger partial charge is 0.404 e. The van der Waals surface area contributed by atoms with Gasteiger partial charge < -0.3 is 21.3 Å². The number of carboxylic acid groups (broad SMARTS) is 1. The number of carbonyl (C=O) groups is 1.